The van der Waals surface area contributed by atoms with Gasteiger partial charge < -0.3 is 14.7 Å². The molecule has 5 rings (SSSR count). The van der Waals surface area contributed by atoms with Gasteiger partial charge in [-0.2, -0.15) is 0 Å². The number of hydrogen-bond donors (Lipinski definition) is 2. The van der Waals surface area contributed by atoms with Crippen LogP contribution in [0.4, 0.5) is 0 Å². The Morgan fingerprint density at radius 3 is 2.53 bits per heavy atom. The van der Waals surface area contributed by atoms with Crippen LogP contribution in [0.3, 0.4) is 0 Å². The quantitative estimate of drug-likeness (QED) is 0.381. The van der Waals surface area contributed by atoms with Gasteiger partial charge in [0.15, 0.2) is 5.76 Å². The Balaban J connectivity index is 1.47. The van der Waals surface area contributed by atoms with Crippen molar-refractivity contribution in [1.29, 1.82) is 0 Å². The molecule has 182 valence electrons. The summed E-state index contributed by atoms with van der Waals surface area (Å²) in [5.74, 6) is -0.647. The lowest BCUT2D eigenvalue weighted by Gasteiger charge is -2.30. The number of benzene rings is 2. The Bertz CT molecular complexity index is 1420. The van der Waals surface area contributed by atoms with Crippen LogP contribution in [0.2, 0.25) is 0 Å². The molecule has 0 aliphatic heterocycles. The number of rotatable bonds is 8. The lowest BCUT2D eigenvalue weighted by molar-refractivity contribution is -0.138. The first kappa shape index (κ1) is 23.4. The van der Waals surface area contributed by atoms with Crippen LogP contribution in [0.5, 0.6) is 0 Å². The van der Waals surface area contributed by atoms with Crippen LogP contribution >= 0.6 is 0 Å². The van der Waals surface area contributed by atoms with E-state index in [1.165, 1.54) is 0 Å². The summed E-state index contributed by atoms with van der Waals surface area (Å²) in [6.45, 7) is 2.24. The highest BCUT2D eigenvalue weighted by Crippen LogP contribution is 2.43. The van der Waals surface area contributed by atoms with Crippen molar-refractivity contribution in [3.63, 3.8) is 0 Å². The van der Waals surface area contributed by atoms with Gasteiger partial charge >= 0.3 is 5.97 Å². The molecule has 0 bridgehead atoms. The van der Waals surface area contributed by atoms with Crippen molar-refractivity contribution in [2.45, 2.75) is 37.8 Å². The van der Waals surface area contributed by atoms with E-state index in [9.17, 15) is 15.0 Å². The van der Waals surface area contributed by atoms with Gasteiger partial charge in [-0.05, 0) is 30.0 Å². The van der Waals surface area contributed by atoms with Crippen molar-refractivity contribution in [2.75, 3.05) is 0 Å². The molecule has 8 nitrogen and oxygen atoms in total. The lowest BCUT2D eigenvalue weighted by Crippen LogP contribution is -2.29. The number of carboxylic acids is 1. The Hall–Kier alpha value is -4.30. The molecule has 2 heterocycles. The molecule has 0 fully saturated rings. The summed E-state index contributed by atoms with van der Waals surface area (Å²) in [6.07, 6.45) is 6.45. The second kappa shape index (κ2) is 9.75. The van der Waals surface area contributed by atoms with E-state index in [-0.39, 0.29) is 6.42 Å². The van der Waals surface area contributed by atoms with E-state index in [0.29, 0.717) is 35.7 Å². The van der Waals surface area contributed by atoms with E-state index < -0.39 is 17.5 Å². The summed E-state index contributed by atoms with van der Waals surface area (Å²) in [5.41, 5.74) is 3.33. The number of nitrogens with zero attached hydrogens (tertiary/aromatic N) is 4. The summed E-state index contributed by atoms with van der Waals surface area (Å²) < 4.78 is 7.37. The molecular formula is C28H26N4O4. The van der Waals surface area contributed by atoms with Crippen molar-refractivity contribution >= 4 is 11.5 Å². The molecule has 1 aliphatic rings. The lowest BCUT2D eigenvalue weighted by atomic mass is 9.72. The van der Waals surface area contributed by atoms with Crippen LogP contribution in [0, 0.1) is 6.92 Å². The van der Waals surface area contributed by atoms with Crippen molar-refractivity contribution in [3.05, 3.63) is 119 Å². The minimum absolute atomic E-state index is 0.211. The number of carboxylic acid groups (broad SMARTS) is 1. The summed E-state index contributed by atoms with van der Waals surface area (Å²) >= 11 is 0. The molecule has 4 aromatic rings. The number of aromatic nitrogens is 4. The van der Waals surface area contributed by atoms with Gasteiger partial charge in [0.1, 0.15) is 11.8 Å². The van der Waals surface area contributed by atoms with E-state index >= 15 is 0 Å². The molecule has 1 aliphatic carbocycles. The average Bonchev–Trinajstić information content (AvgIpc) is 3.52. The molecule has 2 aromatic heterocycles. The van der Waals surface area contributed by atoms with Crippen molar-refractivity contribution in [2.24, 2.45) is 0 Å². The molecule has 2 atom stereocenters. The smallest absolute Gasteiger partial charge is 0.304 e. The maximum Gasteiger partial charge on any atom is 0.304 e. The van der Waals surface area contributed by atoms with Crippen molar-refractivity contribution in [3.8, 4) is 0 Å². The van der Waals surface area contributed by atoms with Gasteiger partial charge in [-0.15, -0.1) is 5.10 Å². The predicted octanol–water partition coefficient (Wildman–Crippen LogP) is 4.46. The molecular weight excluding hydrogens is 456 g/mol. The van der Waals surface area contributed by atoms with Crippen LogP contribution in [-0.4, -0.2) is 36.3 Å². The van der Waals surface area contributed by atoms with Crippen LogP contribution < -0.4 is 0 Å². The third-order valence-corrected chi connectivity index (χ3v) is 6.50. The zero-order chi connectivity index (χ0) is 25.1. The fourth-order valence-electron chi connectivity index (χ4n) is 4.66. The van der Waals surface area contributed by atoms with E-state index in [1.807, 2.05) is 78.9 Å². The van der Waals surface area contributed by atoms with Crippen molar-refractivity contribution < 1.29 is 19.5 Å². The van der Waals surface area contributed by atoms with Crippen LogP contribution in [0.1, 0.15) is 52.8 Å². The zero-order valence-electron chi connectivity index (χ0n) is 19.8. The average molecular weight is 483 g/mol. The molecule has 0 saturated heterocycles. The van der Waals surface area contributed by atoms with Crippen molar-refractivity contribution in [1.82, 2.24) is 20.2 Å². The van der Waals surface area contributed by atoms with E-state index in [4.69, 9.17) is 4.52 Å². The third-order valence-electron chi connectivity index (χ3n) is 6.50. The largest absolute Gasteiger partial charge is 0.481 e. The maximum absolute atomic E-state index is 11.9. The van der Waals surface area contributed by atoms with E-state index in [0.717, 1.165) is 16.7 Å². The topological polar surface area (TPSA) is 114 Å². The maximum atomic E-state index is 11.9. The molecule has 2 unspecified atom stereocenters. The number of aryl methyl sites for hydroxylation is 1. The van der Waals surface area contributed by atoms with Crippen LogP contribution in [0.15, 0.2) is 89.6 Å². The molecule has 36 heavy (non-hydrogen) atoms. The monoisotopic (exact) mass is 482 g/mol. The minimum Gasteiger partial charge on any atom is -0.481 e. The van der Waals surface area contributed by atoms with Gasteiger partial charge in [-0.1, -0.05) is 89.3 Å². The zero-order valence-corrected chi connectivity index (χ0v) is 19.8. The second-order valence-electron chi connectivity index (χ2n) is 9.03. The van der Waals surface area contributed by atoms with Gasteiger partial charge in [0, 0.05) is 0 Å². The molecule has 0 spiro atoms. The highest BCUT2D eigenvalue weighted by Gasteiger charge is 2.41. The fourth-order valence-corrected chi connectivity index (χ4v) is 4.66. The highest BCUT2D eigenvalue weighted by molar-refractivity contribution is 5.77. The Morgan fingerprint density at radius 1 is 1.14 bits per heavy atom. The molecule has 0 amide bonds. The molecule has 8 heteroatoms. The Labute approximate surface area is 208 Å². The number of aliphatic hydroxyl groups is 1. The Morgan fingerprint density at radius 2 is 1.86 bits per heavy atom. The number of aliphatic carboxylic acids is 1. The first-order chi connectivity index (χ1) is 17.4. The first-order valence-electron chi connectivity index (χ1n) is 11.7. The minimum atomic E-state index is -1.17. The van der Waals surface area contributed by atoms with E-state index in [1.54, 1.807) is 17.8 Å². The molecule has 2 N–H and O–H groups in total. The summed E-state index contributed by atoms with van der Waals surface area (Å²) in [7, 11) is 0. The predicted molar refractivity (Wildman–Crippen MR) is 133 cm³/mol. The molecule has 0 saturated carbocycles. The van der Waals surface area contributed by atoms with E-state index in [2.05, 4.69) is 15.5 Å². The van der Waals surface area contributed by atoms with Gasteiger partial charge in [0.05, 0.1) is 35.8 Å². The summed E-state index contributed by atoms with van der Waals surface area (Å²) in [5, 5.41) is 33.5. The van der Waals surface area contributed by atoms with Gasteiger partial charge in [0.2, 0.25) is 0 Å². The van der Waals surface area contributed by atoms with Gasteiger partial charge in [-0.25, -0.2) is 4.68 Å². The number of aliphatic hydroxyl groups excluding tert-OH is 1. The molecule has 2 aromatic carbocycles. The number of carbonyl (C=O) groups is 1. The normalized spacial score (nSPS) is 18.1. The Kier molecular flexibility index (Phi) is 6.35. The van der Waals surface area contributed by atoms with Gasteiger partial charge in [0.25, 0.3) is 0 Å². The third kappa shape index (κ3) is 4.63. The fraction of sp³-hybridized carbons (Fsp3) is 0.214. The standard InChI is InChI=1S/C28H26N4O4/c1-19-25(26(35)23-18-32(31-29-23)17-20-8-4-2-5-9-20)27(36-30-19)28(16-24(33)34)14-12-22(13-15-28)21-10-6-3-7-11-21/h2-14,18,26,35H,15-17H2,1H3,(H,33,34). The second-order valence-corrected chi connectivity index (χ2v) is 9.03. The highest BCUT2D eigenvalue weighted by atomic mass is 16.5. The number of allylic oxidation sites excluding steroid dienone is 4. The summed E-state index contributed by atoms with van der Waals surface area (Å²) in [4.78, 5) is 11.9. The summed E-state index contributed by atoms with van der Waals surface area (Å²) in [6, 6.07) is 19.7. The number of hydrogen-bond acceptors (Lipinski definition) is 6. The SMILES string of the molecule is Cc1noc(C2(CC(=O)O)C=CC(c3ccccc3)=CC2)c1C(O)c1cn(Cc2ccccc2)nn1. The van der Waals surface area contributed by atoms with Crippen LogP contribution in [0.25, 0.3) is 5.57 Å². The van der Waals surface area contributed by atoms with Gasteiger partial charge in [-0.3, -0.25) is 4.79 Å². The first-order valence-corrected chi connectivity index (χ1v) is 11.7. The molecule has 0 radical (unpaired) electrons. The van der Waals surface area contributed by atoms with Crippen LogP contribution in [-0.2, 0) is 16.8 Å².